The number of carbonyl (C=O) groups excluding carboxylic acids is 1. The largest absolute Gasteiger partial charge is 0.494 e. The first-order valence-electron chi connectivity index (χ1n) is 7.28. The van der Waals surface area contributed by atoms with Crippen LogP contribution in [0, 0.1) is 11.6 Å². The lowest BCUT2D eigenvalue weighted by Gasteiger charge is -2.05. The summed E-state index contributed by atoms with van der Waals surface area (Å²) in [6, 6.07) is 9.82. The predicted molar refractivity (Wildman–Crippen MR) is 89.6 cm³/mol. The topological polar surface area (TPSA) is 48.4 Å². The third kappa shape index (κ3) is 4.00. The van der Waals surface area contributed by atoms with E-state index in [0.717, 1.165) is 11.6 Å². The maximum atomic E-state index is 13.6. The van der Waals surface area contributed by atoms with Crippen molar-refractivity contribution in [1.29, 1.82) is 0 Å². The van der Waals surface area contributed by atoms with Crippen molar-refractivity contribution in [1.82, 2.24) is 4.98 Å². The highest BCUT2D eigenvalue weighted by Gasteiger charge is 2.13. The summed E-state index contributed by atoms with van der Waals surface area (Å²) >= 11 is 1.36. The molecule has 3 rings (SSSR count). The van der Waals surface area contributed by atoms with Crippen LogP contribution in [0.5, 0.6) is 5.75 Å². The number of nitrogens with zero attached hydrogens (tertiary/aromatic N) is 1. The molecule has 0 fully saturated rings. The van der Waals surface area contributed by atoms with Gasteiger partial charge in [0.25, 0.3) is 0 Å². The molecule has 1 heterocycles. The molecule has 128 valence electrons. The summed E-state index contributed by atoms with van der Waals surface area (Å²) in [6.45, 7) is -0.0375. The van der Waals surface area contributed by atoms with Gasteiger partial charge in [-0.25, -0.2) is 18.6 Å². The van der Waals surface area contributed by atoms with E-state index in [4.69, 9.17) is 9.47 Å². The van der Waals surface area contributed by atoms with Crippen LogP contribution >= 0.6 is 11.3 Å². The zero-order chi connectivity index (χ0) is 17.8. The Bertz CT molecular complexity index is 894. The fourth-order valence-corrected chi connectivity index (χ4v) is 2.93. The molecular formula is C18H13F2NO3S. The normalized spacial score (nSPS) is 10.5. The third-order valence-corrected chi connectivity index (χ3v) is 4.32. The first kappa shape index (κ1) is 17.0. The molecule has 0 aliphatic rings. The van der Waals surface area contributed by atoms with Crippen molar-refractivity contribution in [2.75, 3.05) is 7.11 Å². The molecule has 0 saturated carbocycles. The standard InChI is InChI=1S/C18H13F2NO3S/c1-23-16-7-4-12(8-15(16)20)18(22)24-9-14-10-25-17(21-14)11-2-5-13(19)6-3-11/h2-8,10H,9H2,1H3. The molecule has 0 aliphatic heterocycles. The highest BCUT2D eigenvalue weighted by Crippen LogP contribution is 2.24. The number of ether oxygens (including phenoxy) is 2. The lowest BCUT2D eigenvalue weighted by Crippen LogP contribution is -2.06. The number of esters is 1. The number of methoxy groups -OCH3 is 1. The van der Waals surface area contributed by atoms with Crippen LogP contribution in [0.15, 0.2) is 47.8 Å². The predicted octanol–water partition coefficient (Wildman–Crippen LogP) is 4.45. The van der Waals surface area contributed by atoms with Gasteiger partial charge in [0.15, 0.2) is 11.6 Å². The molecule has 0 bridgehead atoms. The van der Waals surface area contributed by atoms with Gasteiger partial charge in [0.2, 0.25) is 0 Å². The highest BCUT2D eigenvalue weighted by molar-refractivity contribution is 7.13. The summed E-state index contributed by atoms with van der Waals surface area (Å²) in [5, 5.41) is 2.45. The number of hydrogen-bond donors (Lipinski definition) is 0. The van der Waals surface area contributed by atoms with Crippen molar-refractivity contribution in [2.45, 2.75) is 6.61 Å². The van der Waals surface area contributed by atoms with E-state index in [1.165, 1.54) is 42.7 Å². The molecule has 7 heteroatoms. The molecule has 0 saturated heterocycles. The van der Waals surface area contributed by atoms with E-state index in [0.29, 0.717) is 10.7 Å². The van der Waals surface area contributed by atoms with Crippen LogP contribution in [0.25, 0.3) is 10.6 Å². The molecule has 3 aromatic rings. The molecule has 0 aliphatic carbocycles. The van der Waals surface area contributed by atoms with Gasteiger partial charge in [-0.15, -0.1) is 11.3 Å². The van der Waals surface area contributed by atoms with Gasteiger partial charge < -0.3 is 9.47 Å². The zero-order valence-corrected chi connectivity index (χ0v) is 14.0. The first-order valence-corrected chi connectivity index (χ1v) is 8.16. The van der Waals surface area contributed by atoms with Crippen LogP contribution in [0.1, 0.15) is 16.1 Å². The monoisotopic (exact) mass is 361 g/mol. The Hall–Kier alpha value is -2.80. The zero-order valence-electron chi connectivity index (χ0n) is 13.2. The van der Waals surface area contributed by atoms with Crippen LogP contribution in [0.2, 0.25) is 0 Å². The van der Waals surface area contributed by atoms with E-state index in [9.17, 15) is 13.6 Å². The van der Waals surface area contributed by atoms with Gasteiger partial charge in [0.1, 0.15) is 17.4 Å². The smallest absolute Gasteiger partial charge is 0.338 e. The SMILES string of the molecule is COc1ccc(C(=O)OCc2csc(-c3ccc(F)cc3)n2)cc1F. The van der Waals surface area contributed by atoms with Crippen molar-refractivity contribution in [3.05, 3.63) is 70.7 Å². The number of thiazole rings is 1. The lowest BCUT2D eigenvalue weighted by molar-refractivity contribution is 0.0468. The Labute approximate surface area is 146 Å². The van der Waals surface area contributed by atoms with E-state index < -0.39 is 11.8 Å². The summed E-state index contributed by atoms with van der Waals surface area (Å²) in [6.07, 6.45) is 0. The number of hydrogen-bond acceptors (Lipinski definition) is 5. The summed E-state index contributed by atoms with van der Waals surface area (Å²) < 4.78 is 36.5. The number of halogens is 2. The lowest BCUT2D eigenvalue weighted by atomic mass is 10.2. The van der Waals surface area contributed by atoms with Crippen LogP contribution < -0.4 is 4.74 Å². The minimum atomic E-state index is -0.655. The maximum absolute atomic E-state index is 13.6. The molecule has 1 aromatic heterocycles. The Morgan fingerprint density at radius 2 is 1.92 bits per heavy atom. The Balaban J connectivity index is 1.65. The highest BCUT2D eigenvalue weighted by atomic mass is 32.1. The molecule has 0 atom stereocenters. The molecule has 0 spiro atoms. The van der Waals surface area contributed by atoms with E-state index in [-0.39, 0.29) is 23.7 Å². The van der Waals surface area contributed by atoms with Gasteiger partial charge in [0, 0.05) is 10.9 Å². The van der Waals surface area contributed by atoms with Crippen LogP contribution in [-0.2, 0) is 11.3 Å². The van der Waals surface area contributed by atoms with Crippen molar-refractivity contribution < 1.29 is 23.0 Å². The van der Waals surface area contributed by atoms with Crippen molar-refractivity contribution in [3.63, 3.8) is 0 Å². The van der Waals surface area contributed by atoms with Crippen molar-refractivity contribution >= 4 is 17.3 Å². The molecular weight excluding hydrogens is 348 g/mol. The summed E-state index contributed by atoms with van der Waals surface area (Å²) in [5.74, 6) is -1.55. The second-order valence-electron chi connectivity index (χ2n) is 5.08. The number of carbonyl (C=O) groups is 1. The fraction of sp³-hybridized carbons (Fsp3) is 0.111. The average molecular weight is 361 g/mol. The molecule has 0 amide bonds. The van der Waals surface area contributed by atoms with E-state index in [2.05, 4.69) is 4.98 Å². The minimum Gasteiger partial charge on any atom is -0.494 e. The van der Waals surface area contributed by atoms with E-state index in [1.54, 1.807) is 17.5 Å². The molecule has 0 N–H and O–H groups in total. The number of rotatable bonds is 5. The Kier molecular flexibility index (Phi) is 5.04. The van der Waals surface area contributed by atoms with E-state index >= 15 is 0 Å². The Morgan fingerprint density at radius 3 is 2.60 bits per heavy atom. The van der Waals surface area contributed by atoms with Gasteiger partial charge in [-0.05, 0) is 42.5 Å². The quantitative estimate of drug-likeness (QED) is 0.630. The van der Waals surface area contributed by atoms with Crippen LogP contribution in [-0.4, -0.2) is 18.1 Å². The van der Waals surface area contributed by atoms with Crippen molar-refractivity contribution in [2.24, 2.45) is 0 Å². The number of aromatic nitrogens is 1. The summed E-state index contributed by atoms with van der Waals surface area (Å²) in [4.78, 5) is 16.3. The molecule has 4 nitrogen and oxygen atoms in total. The molecule has 25 heavy (non-hydrogen) atoms. The van der Waals surface area contributed by atoms with E-state index in [1.807, 2.05) is 0 Å². The number of benzene rings is 2. The Morgan fingerprint density at radius 1 is 1.16 bits per heavy atom. The summed E-state index contributed by atoms with van der Waals surface area (Å²) in [5.41, 5.74) is 1.43. The fourth-order valence-electron chi connectivity index (χ4n) is 2.11. The van der Waals surface area contributed by atoms with Gasteiger partial charge >= 0.3 is 5.97 Å². The first-order chi connectivity index (χ1) is 12.1. The third-order valence-electron chi connectivity index (χ3n) is 3.38. The van der Waals surface area contributed by atoms with Gasteiger partial charge in [-0.2, -0.15) is 0 Å². The van der Waals surface area contributed by atoms with Crippen LogP contribution in [0.3, 0.4) is 0 Å². The van der Waals surface area contributed by atoms with Crippen LogP contribution in [0.4, 0.5) is 8.78 Å². The second-order valence-corrected chi connectivity index (χ2v) is 5.93. The second kappa shape index (κ2) is 7.40. The van der Waals surface area contributed by atoms with Gasteiger partial charge in [-0.3, -0.25) is 0 Å². The van der Waals surface area contributed by atoms with Crippen molar-refractivity contribution in [3.8, 4) is 16.3 Å². The maximum Gasteiger partial charge on any atom is 0.338 e. The van der Waals surface area contributed by atoms with Gasteiger partial charge in [0.05, 0.1) is 18.4 Å². The average Bonchev–Trinajstić information content (AvgIpc) is 3.09. The van der Waals surface area contributed by atoms with Gasteiger partial charge in [-0.1, -0.05) is 0 Å². The molecule has 0 radical (unpaired) electrons. The summed E-state index contributed by atoms with van der Waals surface area (Å²) in [7, 11) is 1.34. The minimum absolute atomic E-state index is 0.0375. The molecule has 0 unspecified atom stereocenters. The molecule has 2 aromatic carbocycles.